The van der Waals surface area contributed by atoms with Crippen LogP contribution in [0.1, 0.15) is 10.4 Å². The van der Waals surface area contributed by atoms with E-state index in [9.17, 15) is 4.79 Å². The van der Waals surface area contributed by atoms with Gasteiger partial charge in [0.1, 0.15) is 0 Å². The van der Waals surface area contributed by atoms with E-state index >= 15 is 0 Å². The largest absolute Gasteiger partial charge is 0.478 e. The van der Waals surface area contributed by atoms with Gasteiger partial charge in [-0.3, -0.25) is 0 Å². The van der Waals surface area contributed by atoms with Crippen molar-refractivity contribution >= 4 is 39.8 Å². The Morgan fingerprint density at radius 1 is 1.05 bits per heavy atom. The van der Waals surface area contributed by atoms with Crippen LogP contribution in [0, 0.1) is 0 Å². The molecule has 2 nitrogen and oxygen atoms in total. The Morgan fingerprint density at radius 2 is 1.84 bits per heavy atom. The van der Waals surface area contributed by atoms with E-state index < -0.39 is 5.97 Å². The van der Waals surface area contributed by atoms with E-state index in [0.717, 1.165) is 9.10 Å². The Kier molecular flexibility index (Phi) is 3.27. The van der Waals surface area contributed by atoms with E-state index in [4.69, 9.17) is 5.11 Å². The average molecular weight is 286 g/mol. The van der Waals surface area contributed by atoms with Crippen LogP contribution in [0.5, 0.6) is 0 Å². The van der Waals surface area contributed by atoms with Crippen molar-refractivity contribution in [2.75, 3.05) is 0 Å². The first-order valence-electron chi connectivity index (χ1n) is 5.71. The second-order valence-corrected chi connectivity index (χ2v) is 6.36. The van der Waals surface area contributed by atoms with E-state index in [1.54, 1.807) is 23.2 Å². The molecule has 0 spiro atoms. The summed E-state index contributed by atoms with van der Waals surface area (Å²) >= 11 is 3.06. The average Bonchev–Trinajstić information content (AvgIpc) is 2.87. The molecule has 0 bridgehead atoms. The lowest BCUT2D eigenvalue weighted by molar-refractivity contribution is 0.0697. The van der Waals surface area contributed by atoms with Crippen LogP contribution >= 0.6 is 23.1 Å². The number of fused-ring (bicyclic) bond motifs is 1. The molecule has 0 saturated heterocycles. The molecule has 1 heterocycles. The number of carboxylic acids is 1. The zero-order chi connectivity index (χ0) is 13.2. The van der Waals surface area contributed by atoms with Crippen LogP contribution in [0.25, 0.3) is 10.8 Å². The first-order valence-corrected chi connectivity index (χ1v) is 7.40. The smallest absolute Gasteiger partial charge is 0.336 e. The Bertz CT molecular complexity index is 746. The van der Waals surface area contributed by atoms with Gasteiger partial charge < -0.3 is 5.11 Å². The second kappa shape index (κ2) is 5.07. The number of thiophene rings is 1. The first-order chi connectivity index (χ1) is 9.22. The summed E-state index contributed by atoms with van der Waals surface area (Å²) in [7, 11) is 0. The molecule has 0 radical (unpaired) electrons. The lowest BCUT2D eigenvalue weighted by atomic mass is 10.1. The van der Waals surface area contributed by atoms with Crippen LogP contribution in [0.15, 0.2) is 63.0 Å². The van der Waals surface area contributed by atoms with Gasteiger partial charge in [-0.2, -0.15) is 0 Å². The molecule has 2 aromatic carbocycles. The molecule has 1 aromatic heterocycles. The summed E-state index contributed by atoms with van der Waals surface area (Å²) in [5.74, 6) is -0.874. The summed E-state index contributed by atoms with van der Waals surface area (Å²) in [6.07, 6.45) is 0. The van der Waals surface area contributed by atoms with Crippen molar-refractivity contribution in [2.45, 2.75) is 9.10 Å². The second-order valence-electron chi connectivity index (χ2n) is 4.07. The van der Waals surface area contributed by atoms with Gasteiger partial charge in [-0.25, -0.2) is 4.79 Å². The molecule has 19 heavy (non-hydrogen) atoms. The van der Waals surface area contributed by atoms with E-state index in [-0.39, 0.29) is 0 Å². The van der Waals surface area contributed by atoms with Gasteiger partial charge in [-0.15, -0.1) is 11.3 Å². The molecule has 4 heteroatoms. The maximum absolute atomic E-state index is 10.8. The van der Waals surface area contributed by atoms with Crippen molar-refractivity contribution in [1.82, 2.24) is 0 Å². The van der Waals surface area contributed by atoms with Gasteiger partial charge in [0.05, 0.1) is 9.77 Å². The first kappa shape index (κ1) is 12.3. The fraction of sp³-hybridized carbons (Fsp3) is 0. The fourth-order valence-electron chi connectivity index (χ4n) is 1.83. The summed E-state index contributed by atoms with van der Waals surface area (Å²) in [4.78, 5) is 12.0. The number of carboxylic acid groups (broad SMARTS) is 1. The van der Waals surface area contributed by atoms with Crippen LogP contribution in [-0.4, -0.2) is 11.1 Å². The number of carbonyl (C=O) groups is 1. The zero-order valence-electron chi connectivity index (χ0n) is 9.87. The minimum absolute atomic E-state index is 0.355. The summed E-state index contributed by atoms with van der Waals surface area (Å²) in [5.41, 5.74) is 0.355. The normalized spacial score (nSPS) is 10.7. The van der Waals surface area contributed by atoms with Crippen molar-refractivity contribution in [3.8, 4) is 0 Å². The quantitative estimate of drug-likeness (QED) is 0.755. The number of hydrogen-bond acceptors (Lipinski definition) is 3. The summed E-state index contributed by atoms with van der Waals surface area (Å²) < 4.78 is 0.993. The minimum atomic E-state index is -0.874. The van der Waals surface area contributed by atoms with Crippen molar-refractivity contribution in [2.24, 2.45) is 0 Å². The van der Waals surface area contributed by atoms with Gasteiger partial charge in [0.2, 0.25) is 0 Å². The third-order valence-corrected chi connectivity index (χ3v) is 4.83. The monoisotopic (exact) mass is 286 g/mol. The number of rotatable bonds is 3. The van der Waals surface area contributed by atoms with E-state index in [2.05, 4.69) is 30.3 Å². The molecule has 0 aliphatic heterocycles. The van der Waals surface area contributed by atoms with Crippen molar-refractivity contribution in [3.63, 3.8) is 0 Å². The highest BCUT2D eigenvalue weighted by atomic mass is 32.2. The number of benzene rings is 2. The van der Waals surface area contributed by atoms with Gasteiger partial charge in [0.25, 0.3) is 0 Å². The highest BCUT2D eigenvalue weighted by Crippen LogP contribution is 2.34. The fourth-order valence-corrected chi connectivity index (χ4v) is 3.80. The standard InChI is InChI=1S/C15H10O2S2/c16-15(17)12-8-14(18-9-12)19-13-6-5-10-3-1-2-4-11(10)7-13/h1-9H,(H,16,17). The van der Waals surface area contributed by atoms with E-state index in [0.29, 0.717) is 5.56 Å². The predicted octanol–water partition coefficient (Wildman–Crippen LogP) is 4.75. The predicted molar refractivity (Wildman–Crippen MR) is 79.3 cm³/mol. The molecule has 0 aliphatic carbocycles. The Morgan fingerprint density at radius 3 is 2.58 bits per heavy atom. The Balaban J connectivity index is 1.89. The molecule has 0 atom stereocenters. The van der Waals surface area contributed by atoms with Crippen LogP contribution in [0.3, 0.4) is 0 Å². The molecule has 1 N–H and O–H groups in total. The van der Waals surface area contributed by atoms with E-state index in [1.165, 1.54) is 22.1 Å². The maximum Gasteiger partial charge on any atom is 0.336 e. The van der Waals surface area contributed by atoms with Gasteiger partial charge in [-0.05, 0) is 29.0 Å². The van der Waals surface area contributed by atoms with Crippen molar-refractivity contribution in [3.05, 3.63) is 59.5 Å². The lowest BCUT2D eigenvalue weighted by Gasteiger charge is -2.01. The van der Waals surface area contributed by atoms with Gasteiger partial charge in [0.15, 0.2) is 0 Å². The molecular formula is C15H10O2S2. The molecule has 3 aromatic rings. The van der Waals surface area contributed by atoms with Crippen molar-refractivity contribution < 1.29 is 9.90 Å². The molecule has 0 amide bonds. The molecular weight excluding hydrogens is 276 g/mol. The molecule has 94 valence electrons. The summed E-state index contributed by atoms with van der Waals surface area (Å²) in [5, 5.41) is 13.0. The van der Waals surface area contributed by atoms with Gasteiger partial charge >= 0.3 is 5.97 Å². The third-order valence-electron chi connectivity index (χ3n) is 2.76. The van der Waals surface area contributed by atoms with Crippen LogP contribution in [-0.2, 0) is 0 Å². The Hall–Kier alpha value is -1.78. The topological polar surface area (TPSA) is 37.3 Å². The minimum Gasteiger partial charge on any atom is -0.478 e. The van der Waals surface area contributed by atoms with Crippen LogP contribution < -0.4 is 0 Å². The highest BCUT2D eigenvalue weighted by Gasteiger charge is 2.07. The molecule has 3 rings (SSSR count). The maximum atomic E-state index is 10.8. The summed E-state index contributed by atoms with van der Waals surface area (Å²) in [6.45, 7) is 0. The molecule has 0 unspecified atom stereocenters. The SMILES string of the molecule is O=C(O)c1csc(Sc2ccc3ccccc3c2)c1. The van der Waals surface area contributed by atoms with Gasteiger partial charge in [0, 0.05) is 10.3 Å². The third kappa shape index (κ3) is 2.64. The zero-order valence-corrected chi connectivity index (χ0v) is 11.5. The lowest BCUT2D eigenvalue weighted by Crippen LogP contribution is -1.91. The highest BCUT2D eigenvalue weighted by molar-refractivity contribution is 8.01. The summed E-state index contributed by atoms with van der Waals surface area (Å²) in [6, 6.07) is 16.2. The number of hydrogen-bond donors (Lipinski definition) is 1. The Labute approximate surface area is 118 Å². The molecule has 0 fully saturated rings. The molecule has 0 saturated carbocycles. The molecule has 0 aliphatic rings. The van der Waals surface area contributed by atoms with Crippen molar-refractivity contribution in [1.29, 1.82) is 0 Å². The number of aromatic carboxylic acids is 1. The van der Waals surface area contributed by atoms with Crippen LogP contribution in [0.2, 0.25) is 0 Å². The van der Waals surface area contributed by atoms with E-state index in [1.807, 2.05) is 12.1 Å². The van der Waals surface area contributed by atoms with Crippen LogP contribution in [0.4, 0.5) is 0 Å². The van der Waals surface area contributed by atoms with Gasteiger partial charge in [-0.1, -0.05) is 42.1 Å².